The van der Waals surface area contributed by atoms with Crippen molar-refractivity contribution in [2.75, 3.05) is 0 Å². The average Bonchev–Trinajstić information content (AvgIpc) is 3.05. The van der Waals surface area contributed by atoms with E-state index in [0.29, 0.717) is 18.4 Å². The number of pyridine rings is 2. The van der Waals surface area contributed by atoms with E-state index in [1.165, 1.54) is 17.7 Å². The maximum absolute atomic E-state index is 13.7. The van der Waals surface area contributed by atoms with Gasteiger partial charge in [0.05, 0.1) is 0 Å². The first-order valence-electron chi connectivity index (χ1n) is 8.48. The van der Waals surface area contributed by atoms with Crippen LogP contribution in [0.1, 0.15) is 22.4 Å². The van der Waals surface area contributed by atoms with Gasteiger partial charge in [-0.05, 0) is 53.8 Å². The van der Waals surface area contributed by atoms with Crippen molar-refractivity contribution in [3.8, 4) is 0 Å². The van der Waals surface area contributed by atoms with E-state index in [2.05, 4.69) is 15.0 Å². The van der Waals surface area contributed by atoms with Gasteiger partial charge in [0, 0.05) is 42.2 Å². The van der Waals surface area contributed by atoms with Gasteiger partial charge < -0.3 is 4.98 Å². The Morgan fingerprint density at radius 2 is 1.85 bits per heavy atom. The second kappa shape index (κ2) is 7.04. The molecular formula is C21H17F2N3. The highest BCUT2D eigenvalue weighted by atomic mass is 19.1. The zero-order valence-electron chi connectivity index (χ0n) is 14.0. The molecule has 1 N–H and O–H groups in total. The minimum Gasteiger partial charge on any atom is -0.346 e. The van der Waals surface area contributed by atoms with E-state index >= 15 is 0 Å². The molecule has 0 radical (unpaired) electrons. The summed E-state index contributed by atoms with van der Waals surface area (Å²) in [4.78, 5) is 12.0. The molecule has 0 bridgehead atoms. The molecule has 130 valence electrons. The van der Waals surface area contributed by atoms with E-state index in [1.54, 1.807) is 6.20 Å². The molecule has 0 amide bonds. The SMILES string of the molecule is Fc1ccc(CCc2ccc(Cc3c[nH]c4ncccc34)cn2)c(F)c1. The molecule has 0 atom stereocenters. The summed E-state index contributed by atoms with van der Waals surface area (Å²) in [5.41, 5.74) is 4.55. The summed E-state index contributed by atoms with van der Waals surface area (Å²) >= 11 is 0. The maximum atomic E-state index is 13.7. The average molecular weight is 349 g/mol. The van der Waals surface area contributed by atoms with Crippen molar-refractivity contribution in [3.05, 3.63) is 95.1 Å². The van der Waals surface area contributed by atoms with Crippen LogP contribution in [-0.2, 0) is 19.3 Å². The minimum atomic E-state index is -0.554. The Bertz CT molecular complexity index is 1040. The fraction of sp³-hybridized carbons (Fsp3) is 0.143. The summed E-state index contributed by atoms with van der Waals surface area (Å²) < 4.78 is 26.6. The van der Waals surface area contributed by atoms with Crippen molar-refractivity contribution in [2.45, 2.75) is 19.3 Å². The molecule has 3 nitrogen and oxygen atoms in total. The van der Waals surface area contributed by atoms with Crippen LogP contribution < -0.4 is 0 Å². The third-order valence-electron chi connectivity index (χ3n) is 4.48. The summed E-state index contributed by atoms with van der Waals surface area (Å²) in [6.45, 7) is 0. The molecule has 5 heteroatoms. The normalized spacial score (nSPS) is 11.2. The molecule has 0 aliphatic rings. The van der Waals surface area contributed by atoms with Gasteiger partial charge in [0.2, 0.25) is 0 Å². The van der Waals surface area contributed by atoms with Gasteiger partial charge >= 0.3 is 0 Å². The van der Waals surface area contributed by atoms with Crippen LogP contribution in [0.25, 0.3) is 11.0 Å². The quantitative estimate of drug-likeness (QED) is 0.571. The van der Waals surface area contributed by atoms with E-state index < -0.39 is 11.6 Å². The van der Waals surface area contributed by atoms with Gasteiger partial charge in [-0.3, -0.25) is 4.98 Å². The van der Waals surface area contributed by atoms with E-state index in [1.807, 2.05) is 36.7 Å². The fourth-order valence-corrected chi connectivity index (χ4v) is 3.07. The zero-order valence-corrected chi connectivity index (χ0v) is 14.0. The van der Waals surface area contributed by atoms with Crippen LogP contribution >= 0.6 is 0 Å². The van der Waals surface area contributed by atoms with Gasteiger partial charge in [-0.2, -0.15) is 0 Å². The van der Waals surface area contributed by atoms with Crippen molar-refractivity contribution < 1.29 is 8.78 Å². The number of aromatic nitrogens is 3. The van der Waals surface area contributed by atoms with Gasteiger partial charge in [0.15, 0.2) is 0 Å². The number of nitrogens with one attached hydrogen (secondary N) is 1. The number of aryl methyl sites for hydroxylation is 2. The molecule has 1 aromatic carbocycles. The van der Waals surface area contributed by atoms with Gasteiger partial charge in [0.25, 0.3) is 0 Å². The molecule has 3 heterocycles. The molecule has 4 aromatic rings. The van der Waals surface area contributed by atoms with Gasteiger partial charge in [-0.15, -0.1) is 0 Å². The molecule has 0 unspecified atom stereocenters. The number of halogens is 2. The number of hydrogen-bond acceptors (Lipinski definition) is 2. The summed E-state index contributed by atoms with van der Waals surface area (Å²) in [7, 11) is 0. The predicted molar refractivity (Wildman–Crippen MR) is 96.9 cm³/mol. The van der Waals surface area contributed by atoms with Crippen molar-refractivity contribution in [3.63, 3.8) is 0 Å². The van der Waals surface area contributed by atoms with Crippen LogP contribution in [0.15, 0.2) is 61.1 Å². The maximum Gasteiger partial charge on any atom is 0.137 e. The highest BCUT2D eigenvalue weighted by Crippen LogP contribution is 2.19. The van der Waals surface area contributed by atoms with Crippen LogP contribution in [0.5, 0.6) is 0 Å². The molecule has 0 fully saturated rings. The monoisotopic (exact) mass is 349 g/mol. The minimum absolute atomic E-state index is 0.493. The first-order valence-corrected chi connectivity index (χ1v) is 8.48. The second-order valence-electron chi connectivity index (χ2n) is 6.28. The second-order valence-corrected chi connectivity index (χ2v) is 6.28. The van der Waals surface area contributed by atoms with Gasteiger partial charge in [-0.1, -0.05) is 12.1 Å². The molecule has 0 saturated heterocycles. The van der Waals surface area contributed by atoms with Crippen molar-refractivity contribution in [1.82, 2.24) is 15.0 Å². The lowest BCUT2D eigenvalue weighted by atomic mass is 10.0. The lowest BCUT2D eigenvalue weighted by Crippen LogP contribution is -1.98. The highest BCUT2D eigenvalue weighted by Gasteiger charge is 2.07. The van der Waals surface area contributed by atoms with Crippen LogP contribution in [0.2, 0.25) is 0 Å². The number of nitrogens with zero attached hydrogens (tertiary/aromatic N) is 2. The number of hydrogen-bond donors (Lipinski definition) is 1. The molecule has 4 rings (SSSR count). The Morgan fingerprint density at radius 1 is 0.923 bits per heavy atom. The van der Waals surface area contributed by atoms with Crippen molar-refractivity contribution in [2.24, 2.45) is 0 Å². The van der Waals surface area contributed by atoms with Crippen molar-refractivity contribution in [1.29, 1.82) is 0 Å². The Balaban J connectivity index is 1.43. The summed E-state index contributed by atoms with van der Waals surface area (Å²) in [5.74, 6) is -1.06. The molecular weight excluding hydrogens is 332 g/mol. The van der Waals surface area contributed by atoms with Crippen molar-refractivity contribution >= 4 is 11.0 Å². The van der Waals surface area contributed by atoms with Crippen LogP contribution in [0, 0.1) is 11.6 Å². The predicted octanol–water partition coefficient (Wildman–Crippen LogP) is 4.61. The number of aromatic amines is 1. The summed E-state index contributed by atoms with van der Waals surface area (Å²) in [5, 5.41) is 1.11. The van der Waals surface area contributed by atoms with Gasteiger partial charge in [0.1, 0.15) is 17.3 Å². The molecule has 3 aromatic heterocycles. The Labute approximate surface area is 149 Å². The van der Waals surface area contributed by atoms with Gasteiger partial charge in [-0.25, -0.2) is 13.8 Å². The van der Waals surface area contributed by atoms with E-state index in [0.717, 1.165) is 34.8 Å². The molecule has 0 aliphatic carbocycles. The first kappa shape index (κ1) is 16.4. The standard InChI is InChI=1S/C21H17F2N3/c22-17-6-4-15(20(23)11-17)5-8-18-7-3-14(12-25-18)10-16-13-26-21-19(16)2-1-9-24-21/h1-4,6-7,9,11-13H,5,8,10H2,(H,24,26). The van der Waals surface area contributed by atoms with Crippen LogP contribution in [0.3, 0.4) is 0 Å². The van der Waals surface area contributed by atoms with E-state index in [-0.39, 0.29) is 0 Å². The Kier molecular flexibility index (Phi) is 4.44. The lowest BCUT2D eigenvalue weighted by Gasteiger charge is -2.05. The number of H-pyrrole nitrogens is 1. The Hall–Kier alpha value is -3.08. The topological polar surface area (TPSA) is 41.6 Å². The smallest absolute Gasteiger partial charge is 0.137 e. The summed E-state index contributed by atoms with van der Waals surface area (Å²) in [6.07, 6.45) is 7.47. The number of benzene rings is 1. The number of rotatable bonds is 5. The molecule has 0 saturated carbocycles. The van der Waals surface area contributed by atoms with E-state index in [4.69, 9.17) is 0 Å². The highest BCUT2D eigenvalue weighted by molar-refractivity contribution is 5.79. The largest absolute Gasteiger partial charge is 0.346 e. The van der Waals surface area contributed by atoms with Crippen LogP contribution in [-0.4, -0.2) is 15.0 Å². The van der Waals surface area contributed by atoms with Crippen LogP contribution in [0.4, 0.5) is 8.78 Å². The lowest BCUT2D eigenvalue weighted by molar-refractivity contribution is 0.571. The Morgan fingerprint density at radius 3 is 2.65 bits per heavy atom. The third kappa shape index (κ3) is 3.47. The molecule has 26 heavy (non-hydrogen) atoms. The zero-order chi connectivity index (χ0) is 17.9. The van der Waals surface area contributed by atoms with E-state index in [9.17, 15) is 8.78 Å². The first-order chi connectivity index (χ1) is 12.7. The molecule has 0 aliphatic heterocycles. The third-order valence-corrected chi connectivity index (χ3v) is 4.48. The fourth-order valence-electron chi connectivity index (χ4n) is 3.07. The molecule has 0 spiro atoms. The number of fused-ring (bicyclic) bond motifs is 1. The summed E-state index contributed by atoms with van der Waals surface area (Å²) in [6, 6.07) is 11.7.